The van der Waals surface area contributed by atoms with Crippen LogP contribution in [-0.4, -0.2) is 41.2 Å². The number of ether oxygens (including phenoxy) is 1. The summed E-state index contributed by atoms with van der Waals surface area (Å²) in [4.78, 5) is 49.1. The number of hydrogen-bond acceptors (Lipinski definition) is 6. The Balaban J connectivity index is 1.45. The van der Waals surface area contributed by atoms with E-state index in [9.17, 15) is 19.2 Å². The molecule has 4 amide bonds. The third-order valence-electron chi connectivity index (χ3n) is 4.66. The minimum absolute atomic E-state index is 0.0790. The van der Waals surface area contributed by atoms with Crippen molar-refractivity contribution < 1.29 is 23.9 Å². The van der Waals surface area contributed by atoms with Crippen molar-refractivity contribution in [1.82, 2.24) is 10.6 Å². The second kappa shape index (κ2) is 9.09. The largest absolute Gasteiger partial charge is 0.452 e. The van der Waals surface area contributed by atoms with Crippen LogP contribution < -0.4 is 16.0 Å². The summed E-state index contributed by atoms with van der Waals surface area (Å²) in [6, 6.07) is 6.81. The van der Waals surface area contributed by atoms with Crippen molar-refractivity contribution in [3.8, 4) is 0 Å². The second-order valence-corrected chi connectivity index (χ2v) is 8.12. The Morgan fingerprint density at radius 2 is 1.96 bits per heavy atom. The highest BCUT2D eigenvalue weighted by atomic mass is 32.2. The average Bonchev–Trinajstić information content (AvgIpc) is 3.15. The van der Waals surface area contributed by atoms with Gasteiger partial charge in [0.2, 0.25) is 5.91 Å². The van der Waals surface area contributed by atoms with Crippen LogP contribution in [-0.2, 0) is 19.1 Å². The fourth-order valence-electron chi connectivity index (χ4n) is 3.18. The van der Waals surface area contributed by atoms with E-state index in [1.54, 1.807) is 6.07 Å². The molecule has 0 saturated heterocycles. The number of esters is 1. The van der Waals surface area contributed by atoms with Crippen molar-refractivity contribution >= 4 is 41.3 Å². The predicted molar refractivity (Wildman–Crippen MR) is 104 cm³/mol. The monoisotopic (exact) mass is 405 g/mol. The van der Waals surface area contributed by atoms with Gasteiger partial charge in [-0.25, -0.2) is 4.79 Å². The molecule has 9 heteroatoms. The zero-order valence-electron chi connectivity index (χ0n) is 15.5. The Morgan fingerprint density at radius 3 is 2.71 bits per heavy atom. The lowest BCUT2D eigenvalue weighted by atomic mass is 10.2. The molecule has 1 aliphatic heterocycles. The van der Waals surface area contributed by atoms with Gasteiger partial charge in [-0.1, -0.05) is 25.0 Å². The lowest BCUT2D eigenvalue weighted by Crippen LogP contribution is -2.47. The number of nitrogens with one attached hydrogen (secondary N) is 3. The Morgan fingerprint density at radius 1 is 1.25 bits per heavy atom. The number of fused-ring (bicyclic) bond motifs is 1. The minimum atomic E-state index is -1.13. The summed E-state index contributed by atoms with van der Waals surface area (Å²) in [6.45, 7) is 1.39. The molecule has 0 unspecified atom stereocenters. The number of carbonyl (C=O) groups is 4. The zero-order chi connectivity index (χ0) is 20.1. The summed E-state index contributed by atoms with van der Waals surface area (Å²) in [6.07, 6.45) is 2.61. The van der Waals surface area contributed by atoms with Gasteiger partial charge >= 0.3 is 12.0 Å². The fraction of sp³-hybridized carbons (Fsp3) is 0.474. The highest BCUT2D eigenvalue weighted by Gasteiger charge is 2.31. The van der Waals surface area contributed by atoms with Crippen LogP contribution in [0.4, 0.5) is 10.5 Å². The van der Waals surface area contributed by atoms with Gasteiger partial charge in [-0.05, 0) is 31.9 Å². The Kier molecular flexibility index (Phi) is 6.56. The van der Waals surface area contributed by atoms with Crippen LogP contribution in [0.1, 0.15) is 39.0 Å². The van der Waals surface area contributed by atoms with Gasteiger partial charge in [-0.3, -0.25) is 19.7 Å². The quantitative estimate of drug-likeness (QED) is 0.647. The molecular weight excluding hydrogens is 382 g/mol. The van der Waals surface area contributed by atoms with Crippen molar-refractivity contribution in [1.29, 1.82) is 0 Å². The maximum absolute atomic E-state index is 12.2. The first-order chi connectivity index (χ1) is 13.4. The molecule has 0 bridgehead atoms. The van der Waals surface area contributed by atoms with Gasteiger partial charge in [0.1, 0.15) is 0 Å². The Labute approximate surface area is 167 Å². The van der Waals surface area contributed by atoms with Crippen LogP contribution in [0.25, 0.3) is 0 Å². The molecule has 0 spiro atoms. The molecule has 0 radical (unpaired) electrons. The first-order valence-electron chi connectivity index (χ1n) is 9.30. The number of urea groups is 1. The first kappa shape index (κ1) is 20.2. The highest BCUT2D eigenvalue weighted by molar-refractivity contribution is 8.01. The zero-order valence-corrected chi connectivity index (χ0v) is 16.3. The third kappa shape index (κ3) is 5.25. The van der Waals surface area contributed by atoms with Gasteiger partial charge in [0, 0.05) is 10.9 Å². The van der Waals surface area contributed by atoms with Gasteiger partial charge < -0.3 is 15.4 Å². The molecule has 1 aliphatic carbocycles. The fourth-order valence-corrected chi connectivity index (χ4v) is 4.28. The van der Waals surface area contributed by atoms with Gasteiger partial charge in [0.05, 0.1) is 17.4 Å². The minimum Gasteiger partial charge on any atom is -0.452 e. The van der Waals surface area contributed by atoms with Crippen LogP contribution >= 0.6 is 11.8 Å². The lowest BCUT2D eigenvalue weighted by molar-refractivity contribution is -0.154. The first-order valence-corrected chi connectivity index (χ1v) is 10.2. The van der Waals surface area contributed by atoms with Gasteiger partial charge in [0.25, 0.3) is 5.91 Å². The summed E-state index contributed by atoms with van der Waals surface area (Å²) in [5.74, 6) is -1.66. The molecule has 1 aromatic rings. The van der Waals surface area contributed by atoms with Crippen molar-refractivity contribution in [3.63, 3.8) is 0 Å². The Bertz CT molecular complexity index is 779. The summed E-state index contributed by atoms with van der Waals surface area (Å²) in [7, 11) is 0. The van der Waals surface area contributed by atoms with E-state index in [1.165, 1.54) is 18.7 Å². The highest BCUT2D eigenvalue weighted by Crippen LogP contribution is 2.36. The van der Waals surface area contributed by atoms with E-state index in [1.807, 2.05) is 18.2 Å². The van der Waals surface area contributed by atoms with Gasteiger partial charge in [-0.15, -0.1) is 11.8 Å². The standard InChI is InChI=1S/C19H23N3O5S/c1-11(17(24)22-19(26)20-12-6-2-3-7-12)27-16(23)10-15-18(25)21-13-8-4-5-9-14(13)28-15/h4-5,8-9,11-12,15H,2-3,6-7,10H2,1H3,(H,21,25)(H2,20,22,24,26)/t11-,15+/m0/s1. The maximum Gasteiger partial charge on any atom is 0.321 e. The van der Waals surface area contributed by atoms with Gasteiger partial charge in [0.15, 0.2) is 6.10 Å². The summed E-state index contributed by atoms with van der Waals surface area (Å²) < 4.78 is 5.10. The normalized spacial score (nSPS) is 19.9. The second-order valence-electron chi connectivity index (χ2n) is 6.87. The average molecular weight is 405 g/mol. The van der Waals surface area contributed by atoms with Crippen molar-refractivity contribution in [2.45, 2.75) is 61.3 Å². The molecule has 1 aromatic carbocycles. The van der Waals surface area contributed by atoms with E-state index in [4.69, 9.17) is 4.74 Å². The van der Waals surface area contributed by atoms with Crippen molar-refractivity contribution in [2.24, 2.45) is 0 Å². The van der Waals surface area contributed by atoms with Crippen LogP contribution in [0.2, 0.25) is 0 Å². The molecule has 28 heavy (non-hydrogen) atoms. The summed E-state index contributed by atoms with van der Waals surface area (Å²) in [5, 5.41) is 7.03. The van der Waals surface area contributed by atoms with Crippen LogP contribution in [0.3, 0.4) is 0 Å². The van der Waals surface area contributed by atoms with Crippen LogP contribution in [0.15, 0.2) is 29.2 Å². The number of carbonyl (C=O) groups excluding carboxylic acids is 4. The van der Waals surface area contributed by atoms with E-state index in [2.05, 4.69) is 16.0 Å². The topological polar surface area (TPSA) is 114 Å². The molecule has 3 rings (SSSR count). The molecule has 150 valence electrons. The van der Waals surface area contributed by atoms with E-state index in [0.717, 1.165) is 30.6 Å². The lowest BCUT2D eigenvalue weighted by Gasteiger charge is -2.23. The third-order valence-corrected chi connectivity index (χ3v) is 5.94. The molecule has 2 aliphatic rings. The summed E-state index contributed by atoms with van der Waals surface area (Å²) >= 11 is 1.28. The van der Waals surface area contributed by atoms with E-state index >= 15 is 0 Å². The number of para-hydroxylation sites is 1. The number of hydrogen-bond donors (Lipinski definition) is 3. The van der Waals surface area contributed by atoms with Gasteiger partial charge in [-0.2, -0.15) is 0 Å². The molecule has 2 atom stereocenters. The molecule has 3 N–H and O–H groups in total. The molecule has 0 aromatic heterocycles. The smallest absolute Gasteiger partial charge is 0.321 e. The van der Waals surface area contributed by atoms with E-state index in [-0.39, 0.29) is 18.4 Å². The number of thioether (sulfide) groups is 1. The number of amides is 4. The number of rotatable bonds is 5. The number of anilines is 1. The SMILES string of the molecule is C[C@H](OC(=O)C[C@H]1Sc2ccccc2NC1=O)C(=O)NC(=O)NC1CCCC1. The molecular formula is C19H23N3O5S. The van der Waals surface area contributed by atoms with Crippen LogP contribution in [0, 0.1) is 0 Å². The number of imide groups is 1. The molecule has 1 fully saturated rings. The van der Waals surface area contributed by atoms with Crippen molar-refractivity contribution in [2.75, 3.05) is 5.32 Å². The number of benzene rings is 1. The molecule has 1 heterocycles. The van der Waals surface area contributed by atoms with Crippen molar-refractivity contribution in [3.05, 3.63) is 24.3 Å². The Hall–Kier alpha value is -2.55. The van der Waals surface area contributed by atoms with E-state index < -0.39 is 29.3 Å². The predicted octanol–water partition coefficient (Wildman–Crippen LogP) is 2.19. The van der Waals surface area contributed by atoms with Crippen LogP contribution in [0.5, 0.6) is 0 Å². The van der Waals surface area contributed by atoms with E-state index in [0.29, 0.717) is 5.69 Å². The molecule has 1 saturated carbocycles. The molecule has 8 nitrogen and oxygen atoms in total. The maximum atomic E-state index is 12.2. The summed E-state index contributed by atoms with van der Waals surface area (Å²) in [5.41, 5.74) is 0.711.